The Morgan fingerprint density at radius 2 is 0.708 bits per heavy atom. The van der Waals surface area contributed by atoms with E-state index in [4.69, 9.17) is 18.9 Å². The molecule has 0 radical (unpaired) electrons. The molecular weight excluding hydrogens is 1180 g/mol. The molecule has 0 spiro atoms. The lowest BCUT2D eigenvalue weighted by molar-refractivity contribution is -0.136. The lowest BCUT2D eigenvalue weighted by Crippen LogP contribution is -2.37. The van der Waals surface area contributed by atoms with E-state index in [-0.39, 0.29) is 34.7 Å². The summed E-state index contributed by atoms with van der Waals surface area (Å²) in [6.45, 7) is 35.3. The first-order valence-corrected chi connectivity index (χ1v) is 37.2. The van der Waals surface area contributed by atoms with Crippen molar-refractivity contribution in [3.63, 3.8) is 0 Å². The number of hydrogen-bond acceptors (Lipinski definition) is 8. The zero-order valence-electron chi connectivity index (χ0n) is 62.0. The van der Waals surface area contributed by atoms with E-state index < -0.39 is 11.8 Å². The average Bonchev–Trinajstić information content (AvgIpc) is 0.794. The van der Waals surface area contributed by atoms with Gasteiger partial charge in [-0.05, 0) is 200 Å². The summed E-state index contributed by atoms with van der Waals surface area (Å²) in [5, 5.41) is 0. The van der Waals surface area contributed by atoms with E-state index in [1.54, 1.807) is 48.5 Å². The Morgan fingerprint density at radius 1 is 0.396 bits per heavy atom. The van der Waals surface area contributed by atoms with Crippen LogP contribution in [0.25, 0.3) is 0 Å². The number of fused-ring (bicyclic) bond motifs is 2. The van der Waals surface area contributed by atoms with E-state index in [0.29, 0.717) is 33.8 Å². The Morgan fingerprint density at radius 3 is 1.04 bits per heavy atom. The molecule has 7 unspecified atom stereocenters. The second kappa shape index (κ2) is 36.7. The Bertz CT molecular complexity index is 3240. The third-order valence-electron chi connectivity index (χ3n) is 21.2. The van der Waals surface area contributed by atoms with Crippen LogP contribution in [0, 0.1) is 63.2 Å². The van der Waals surface area contributed by atoms with Crippen molar-refractivity contribution in [2.75, 3.05) is 0 Å². The number of ether oxygens (including phenoxy) is 4. The van der Waals surface area contributed by atoms with Crippen molar-refractivity contribution >= 4 is 23.5 Å². The minimum atomic E-state index is -0.524. The highest BCUT2D eigenvalue weighted by atomic mass is 16.5. The van der Waals surface area contributed by atoms with Gasteiger partial charge in [-0.1, -0.05) is 242 Å². The van der Waals surface area contributed by atoms with Gasteiger partial charge in [0.25, 0.3) is 0 Å². The average molecular weight is 1310 g/mol. The largest absolute Gasteiger partial charge is 0.487 e. The summed E-state index contributed by atoms with van der Waals surface area (Å²) in [5.74, 6) is 6.10. The quantitative estimate of drug-likeness (QED) is 0.0223. The normalized spacial score (nSPS) is 17.7. The third kappa shape index (κ3) is 22.6. The maximum atomic E-state index is 13.4. The van der Waals surface area contributed by atoms with Crippen molar-refractivity contribution in [1.29, 1.82) is 0 Å². The molecule has 6 aromatic rings. The summed E-state index contributed by atoms with van der Waals surface area (Å²) < 4.78 is 25.6. The first kappa shape index (κ1) is 76.6. The van der Waals surface area contributed by atoms with Gasteiger partial charge >= 0.3 is 11.9 Å². The monoisotopic (exact) mass is 1300 g/mol. The van der Waals surface area contributed by atoms with Gasteiger partial charge in [-0.3, -0.25) is 19.2 Å². The van der Waals surface area contributed by atoms with Gasteiger partial charge in [0, 0.05) is 33.4 Å². The molecule has 2 aliphatic heterocycles. The minimum Gasteiger partial charge on any atom is -0.487 e. The highest BCUT2D eigenvalue weighted by Gasteiger charge is 2.36. The van der Waals surface area contributed by atoms with E-state index in [1.807, 2.05) is 100 Å². The molecule has 0 aromatic heterocycles. The minimum absolute atomic E-state index is 0.0615. The number of esters is 2. The van der Waals surface area contributed by atoms with Gasteiger partial charge in [-0.25, -0.2) is 0 Å². The van der Waals surface area contributed by atoms with Crippen molar-refractivity contribution in [2.24, 2.45) is 35.5 Å². The summed E-state index contributed by atoms with van der Waals surface area (Å²) in [6, 6.07) is 36.9. The molecule has 96 heavy (non-hydrogen) atoms. The molecule has 520 valence electrons. The lowest BCUT2D eigenvalue weighted by atomic mass is 9.84. The zero-order valence-corrected chi connectivity index (χ0v) is 62.0. The molecule has 2 aliphatic rings. The van der Waals surface area contributed by atoms with Crippen LogP contribution >= 0.6 is 0 Å². The molecule has 0 saturated carbocycles. The summed E-state index contributed by atoms with van der Waals surface area (Å²) in [7, 11) is 0. The molecule has 2 heterocycles. The number of carbonyl (C=O) groups is 4. The number of aryl methyl sites for hydroxylation is 2. The van der Waals surface area contributed by atoms with Crippen molar-refractivity contribution in [2.45, 2.75) is 275 Å². The van der Waals surface area contributed by atoms with Crippen molar-refractivity contribution < 1.29 is 38.1 Å². The molecule has 0 N–H and O–H groups in total. The van der Waals surface area contributed by atoms with Gasteiger partial charge in [0.15, 0.2) is 11.6 Å². The van der Waals surface area contributed by atoms with Gasteiger partial charge in [-0.15, -0.1) is 0 Å². The van der Waals surface area contributed by atoms with Gasteiger partial charge in [0.05, 0.1) is 11.8 Å². The number of benzene rings is 6. The fourth-order valence-electron chi connectivity index (χ4n) is 14.4. The number of ketones is 2. The summed E-state index contributed by atoms with van der Waals surface area (Å²) >= 11 is 0. The van der Waals surface area contributed by atoms with E-state index in [0.717, 1.165) is 130 Å². The maximum absolute atomic E-state index is 13.4. The number of carbonyl (C=O) groups excluding carboxylic acids is 4. The Balaban J connectivity index is 0.000000271. The standard InChI is InChI=1S/2C44H60O4/c2*1-30(2)16-12-17-31(3)18-13-19-32(4)20-15-26-44(8)27-25-39-35(7)40(28-33(5)42(39)48-44)47-43(46)34(6)37-23-14-24-38(29-37)41(45)36-21-10-9-11-22-36/h2*9-11,14,21-24,28-32,34H,12-13,15-20,25-27H2,1-8H3/t31?,32?,34-,44?;/m1./s1. The van der Waals surface area contributed by atoms with Crippen molar-refractivity contribution in [3.05, 3.63) is 188 Å². The van der Waals surface area contributed by atoms with Crippen LogP contribution in [0.3, 0.4) is 0 Å². The molecule has 8 atom stereocenters. The Labute approximate surface area is 580 Å². The molecule has 0 saturated heterocycles. The van der Waals surface area contributed by atoms with Gasteiger partial charge < -0.3 is 18.9 Å². The molecule has 0 amide bonds. The fraction of sp³-hybridized carbons (Fsp3) is 0.545. The van der Waals surface area contributed by atoms with E-state index in [9.17, 15) is 19.2 Å². The SMILES string of the molecule is Cc1cc(OC(=O)C(C)c2cccc(C(=O)c3ccccc3)c2)c(C)c2c1OC(C)(CCCC(C)CCCC(C)CCCC(C)C)CC2.Cc1cc(OC(=O)[C@H](C)c2cccc(C(=O)c3ccccc3)c2)c(C)c2c1OC(C)(CCCC(C)CCCC(C)CCCC(C)C)CC2. The summed E-state index contributed by atoms with van der Waals surface area (Å²) in [5.41, 5.74) is 9.78. The van der Waals surface area contributed by atoms with E-state index >= 15 is 0 Å². The first-order chi connectivity index (χ1) is 45.7. The predicted octanol–water partition coefficient (Wildman–Crippen LogP) is 23.5. The van der Waals surface area contributed by atoms with E-state index in [1.165, 1.54) is 103 Å². The van der Waals surface area contributed by atoms with Crippen LogP contribution in [0.4, 0.5) is 0 Å². The number of rotatable bonds is 34. The van der Waals surface area contributed by atoms with Crippen LogP contribution < -0.4 is 18.9 Å². The highest BCUT2D eigenvalue weighted by Crippen LogP contribution is 2.45. The molecular formula is C88H120O8. The molecule has 8 rings (SSSR count). The second-order valence-corrected chi connectivity index (χ2v) is 31.0. The molecule has 0 bridgehead atoms. The predicted molar refractivity (Wildman–Crippen MR) is 397 cm³/mol. The van der Waals surface area contributed by atoms with Crippen LogP contribution in [0.5, 0.6) is 23.0 Å². The number of hydrogen-bond donors (Lipinski definition) is 0. The summed E-state index contributed by atoms with van der Waals surface area (Å²) in [4.78, 5) is 52.8. The van der Waals surface area contributed by atoms with Crippen LogP contribution in [0.2, 0.25) is 0 Å². The van der Waals surface area contributed by atoms with Gasteiger partial charge in [0.2, 0.25) is 0 Å². The van der Waals surface area contributed by atoms with Crippen LogP contribution in [0.1, 0.15) is 300 Å². The molecule has 8 heteroatoms. The molecule has 0 fully saturated rings. The second-order valence-electron chi connectivity index (χ2n) is 31.0. The maximum Gasteiger partial charge on any atom is 0.318 e. The van der Waals surface area contributed by atoms with Crippen LogP contribution in [-0.2, 0) is 22.4 Å². The zero-order chi connectivity index (χ0) is 69.7. The summed E-state index contributed by atoms with van der Waals surface area (Å²) in [6.07, 6.45) is 27.0. The molecule has 6 aromatic carbocycles. The smallest absolute Gasteiger partial charge is 0.318 e. The van der Waals surface area contributed by atoms with E-state index in [2.05, 4.69) is 83.1 Å². The molecule has 8 nitrogen and oxygen atoms in total. The van der Waals surface area contributed by atoms with Gasteiger partial charge in [0.1, 0.15) is 34.2 Å². The Hall–Kier alpha value is -6.80. The first-order valence-electron chi connectivity index (χ1n) is 37.2. The topological polar surface area (TPSA) is 105 Å². The molecule has 0 aliphatic carbocycles. The van der Waals surface area contributed by atoms with Crippen molar-refractivity contribution in [3.8, 4) is 23.0 Å². The van der Waals surface area contributed by atoms with Crippen molar-refractivity contribution in [1.82, 2.24) is 0 Å². The van der Waals surface area contributed by atoms with Crippen LogP contribution in [0.15, 0.2) is 121 Å². The highest BCUT2D eigenvalue weighted by molar-refractivity contribution is 6.09. The van der Waals surface area contributed by atoms with Crippen LogP contribution in [-0.4, -0.2) is 34.7 Å². The van der Waals surface area contributed by atoms with Gasteiger partial charge in [-0.2, -0.15) is 0 Å². The Kier molecular flexibility index (Phi) is 29.3. The lowest BCUT2D eigenvalue weighted by Gasteiger charge is -2.38. The fourth-order valence-corrected chi connectivity index (χ4v) is 14.4. The third-order valence-corrected chi connectivity index (χ3v) is 21.2.